The predicted molar refractivity (Wildman–Crippen MR) is 147 cm³/mol. The molecular formula is C28H29N5O3S. The second kappa shape index (κ2) is 10.7. The molecule has 1 fully saturated rings. The number of piperazine rings is 1. The van der Waals surface area contributed by atoms with Crippen molar-refractivity contribution >= 4 is 38.5 Å². The van der Waals surface area contributed by atoms with Crippen LogP contribution in [0.4, 0.5) is 11.5 Å². The summed E-state index contributed by atoms with van der Waals surface area (Å²) in [6.45, 7) is 3.73. The molecule has 5 rings (SSSR count). The molecule has 9 heteroatoms. The molecular weight excluding hydrogens is 486 g/mol. The molecule has 1 saturated heterocycles. The monoisotopic (exact) mass is 515 g/mol. The Hall–Kier alpha value is -3.82. The molecule has 0 radical (unpaired) electrons. The third kappa shape index (κ3) is 5.79. The standard InChI is InChI=1S/C28H29N5O3S/c1-2-37(35,36)33-16-14-32(15-17-33)27-20-29-25-13-10-23(19-26(25)31-27)22-8-11-24(12-9-22)30-28(34)18-21-6-4-3-5-7-21/h3-13,19-20H,2,14-18H2,1H3,(H,30,34). The smallest absolute Gasteiger partial charge is 0.228 e. The number of aromatic nitrogens is 2. The van der Waals surface area contributed by atoms with Crippen LogP contribution in [0, 0.1) is 0 Å². The number of nitrogens with one attached hydrogen (secondary N) is 1. The van der Waals surface area contributed by atoms with Gasteiger partial charge in [-0.15, -0.1) is 0 Å². The lowest BCUT2D eigenvalue weighted by atomic mass is 10.0. The minimum Gasteiger partial charge on any atom is -0.353 e. The Bertz CT molecular complexity index is 1500. The number of amides is 1. The molecule has 1 aliphatic heterocycles. The second-order valence-electron chi connectivity index (χ2n) is 9.01. The number of fused-ring (bicyclic) bond motifs is 1. The number of benzene rings is 3. The van der Waals surface area contributed by atoms with Crippen molar-refractivity contribution in [2.75, 3.05) is 42.1 Å². The van der Waals surface area contributed by atoms with Crippen molar-refractivity contribution in [3.8, 4) is 11.1 Å². The molecule has 37 heavy (non-hydrogen) atoms. The van der Waals surface area contributed by atoms with Gasteiger partial charge in [0.2, 0.25) is 15.9 Å². The fourth-order valence-corrected chi connectivity index (χ4v) is 5.53. The molecule has 1 aromatic heterocycles. The van der Waals surface area contributed by atoms with Crippen LogP contribution in [-0.4, -0.2) is 60.5 Å². The van der Waals surface area contributed by atoms with Gasteiger partial charge in [0.15, 0.2) is 0 Å². The van der Waals surface area contributed by atoms with E-state index in [1.54, 1.807) is 17.4 Å². The van der Waals surface area contributed by atoms with Crippen LogP contribution in [-0.2, 0) is 21.2 Å². The Labute approximate surface area is 217 Å². The molecule has 1 amide bonds. The van der Waals surface area contributed by atoms with Crippen molar-refractivity contribution in [3.63, 3.8) is 0 Å². The van der Waals surface area contributed by atoms with Crippen molar-refractivity contribution in [3.05, 3.63) is 84.6 Å². The van der Waals surface area contributed by atoms with Crippen LogP contribution >= 0.6 is 0 Å². The second-order valence-corrected chi connectivity index (χ2v) is 11.3. The Balaban J connectivity index is 1.28. The van der Waals surface area contributed by atoms with Gasteiger partial charge in [0.05, 0.1) is 29.4 Å². The third-order valence-corrected chi connectivity index (χ3v) is 8.44. The van der Waals surface area contributed by atoms with Crippen molar-refractivity contribution in [1.82, 2.24) is 14.3 Å². The van der Waals surface area contributed by atoms with Gasteiger partial charge >= 0.3 is 0 Å². The van der Waals surface area contributed by atoms with Crippen molar-refractivity contribution in [1.29, 1.82) is 0 Å². The number of rotatable bonds is 7. The maximum absolute atomic E-state index is 12.4. The van der Waals surface area contributed by atoms with Crippen molar-refractivity contribution in [2.24, 2.45) is 0 Å². The van der Waals surface area contributed by atoms with Crippen LogP contribution in [0.5, 0.6) is 0 Å². The molecule has 3 aromatic carbocycles. The first kappa shape index (κ1) is 24.9. The molecule has 0 spiro atoms. The van der Waals surface area contributed by atoms with Crippen LogP contribution in [0.1, 0.15) is 12.5 Å². The van der Waals surface area contributed by atoms with E-state index in [4.69, 9.17) is 4.98 Å². The van der Waals surface area contributed by atoms with E-state index in [2.05, 4.69) is 15.2 Å². The van der Waals surface area contributed by atoms with E-state index in [0.29, 0.717) is 32.6 Å². The maximum Gasteiger partial charge on any atom is 0.228 e. The van der Waals surface area contributed by atoms with Gasteiger partial charge in [-0.3, -0.25) is 9.78 Å². The van der Waals surface area contributed by atoms with E-state index >= 15 is 0 Å². The van der Waals surface area contributed by atoms with Crippen LogP contribution in [0.15, 0.2) is 79.0 Å². The van der Waals surface area contributed by atoms with E-state index in [-0.39, 0.29) is 11.7 Å². The summed E-state index contributed by atoms with van der Waals surface area (Å²) in [5.41, 5.74) is 5.30. The van der Waals surface area contributed by atoms with Gasteiger partial charge in [0.1, 0.15) is 5.82 Å². The molecule has 0 atom stereocenters. The van der Waals surface area contributed by atoms with Crippen molar-refractivity contribution in [2.45, 2.75) is 13.3 Å². The first-order valence-electron chi connectivity index (χ1n) is 12.3. The van der Waals surface area contributed by atoms with Gasteiger partial charge in [-0.25, -0.2) is 13.4 Å². The minimum atomic E-state index is -3.17. The maximum atomic E-state index is 12.4. The lowest BCUT2D eigenvalue weighted by Gasteiger charge is -2.34. The first-order valence-corrected chi connectivity index (χ1v) is 14.0. The molecule has 2 heterocycles. The van der Waals surface area contributed by atoms with Gasteiger partial charge in [-0.2, -0.15) is 4.31 Å². The van der Waals surface area contributed by atoms with Gasteiger partial charge in [0, 0.05) is 31.9 Å². The summed E-state index contributed by atoms with van der Waals surface area (Å²) in [6, 6.07) is 23.4. The third-order valence-electron chi connectivity index (χ3n) is 6.56. The zero-order valence-corrected chi connectivity index (χ0v) is 21.5. The summed E-state index contributed by atoms with van der Waals surface area (Å²) in [5.74, 6) is 0.808. The summed E-state index contributed by atoms with van der Waals surface area (Å²) in [7, 11) is -3.17. The normalized spacial score (nSPS) is 14.6. The summed E-state index contributed by atoms with van der Waals surface area (Å²) in [4.78, 5) is 23.8. The van der Waals surface area contributed by atoms with Gasteiger partial charge in [-0.05, 0) is 47.9 Å². The minimum absolute atomic E-state index is 0.0550. The highest BCUT2D eigenvalue weighted by Crippen LogP contribution is 2.26. The molecule has 1 N–H and O–H groups in total. The number of hydrogen-bond acceptors (Lipinski definition) is 6. The fourth-order valence-electron chi connectivity index (χ4n) is 4.44. The molecule has 190 valence electrons. The number of nitrogens with zero attached hydrogens (tertiary/aromatic N) is 4. The highest BCUT2D eigenvalue weighted by molar-refractivity contribution is 7.89. The summed E-state index contributed by atoms with van der Waals surface area (Å²) in [5, 5.41) is 2.95. The van der Waals surface area contributed by atoms with E-state index in [0.717, 1.165) is 39.2 Å². The molecule has 1 aliphatic rings. The first-order chi connectivity index (χ1) is 17.9. The Morgan fingerprint density at radius 3 is 2.30 bits per heavy atom. The molecule has 0 unspecified atom stereocenters. The zero-order chi connectivity index (χ0) is 25.8. The van der Waals surface area contributed by atoms with Gasteiger partial charge in [-0.1, -0.05) is 48.5 Å². The molecule has 0 saturated carbocycles. The van der Waals surface area contributed by atoms with Crippen LogP contribution < -0.4 is 10.2 Å². The average Bonchev–Trinajstić information content (AvgIpc) is 2.93. The molecule has 0 aliphatic carbocycles. The highest BCUT2D eigenvalue weighted by Gasteiger charge is 2.26. The van der Waals surface area contributed by atoms with Crippen molar-refractivity contribution < 1.29 is 13.2 Å². The number of sulfonamides is 1. The van der Waals surface area contributed by atoms with E-state index < -0.39 is 10.0 Å². The van der Waals surface area contributed by atoms with Crippen LogP contribution in [0.2, 0.25) is 0 Å². The SMILES string of the molecule is CCS(=O)(=O)N1CCN(c2cnc3ccc(-c4ccc(NC(=O)Cc5ccccc5)cc4)cc3n2)CC1. The largest absolute Gasteiger partial charge is 0.353 e. The number of carbonyl (C=O) groups is 1. The zero-order valence-electron chi connectivity index (χ0n) is 20.7. The van der Waals surface area contributed by atoms with E-state index in [1.165, 1.54) is 0 Å². The topological polar surface area (TPSA) is 95.5 Å². The number of anilines is 2. The van der Waals surface area contributed by atoms with Gasteiger partial charge in [0.25, 0.3) is 0 Å². The number of hydrogen-bond donors (Lipinski definition) is 1. The molecule has 0 bridgehead atoms. The average molecular weight is 516 g/mol. The lowest BCUT2D eigenvalue weighted by Crippen LogP contribution is -2.49. The Kier molecular flexibility index (Phi) is 7.16. The quantitative estimate of drug-likeness (QED) is 0.401. The van der Waals surface area contributed by atoms with Crippen LogP contribution in [0.3, 0.4) is 0 Å². The van der Waals surface area contributed by atoms with Gasteiger partial charge < -0.3 is 10.2 Å². The van der Waals surface area contributed by atoms with Crippen LogP contribution in [0.25, 0.3) is 22.2 Å². The highest BCUT2D eigenvalue weighted by atomic mass is 32.2. The van der Waals surface area contributed by atoms with E-state index in [9.17, 15) is 13.2 Å². The summed E-state index contributed by atoms with van der Waals surface area (Å²) < 4.78 is 25.8. The molecule has 8 nitrogen and oxygen atoms in total. The summed E-state index contributed by atoms with van der Waals surface area (Å²) in [6.07, 6.45) is 2.08. The summed E-state index contributed by atoms with van der Waals surface area (Å²) >= 11 is 0. The molecule has 4 aromatic rings. The lowest BCUT2D eigenvalue weighted by molar-refractivity contribution is -0.115. The predicted octanol–water partition coefficient (Wildman–Crippen LogP) is 3.95. The Morgan fingerprint density at radius 2 is 1.59 bits per heavy atom. The number of carbonyl (C=O) groups excluding carboxylic acids is 1. The fraction of sp³-hybridized carbons (Fsp3) is 0.250. The Morgan fingerprint density at radius 1 is 0.892 bits per heavy atom. The van der Waals surface area contributed by atoms with E-state index in [1.807, 2.05) is 72.8 Å².